The Morgan fingerprint density at radius 3 is 2.61 bits per heavy atom. The molecule has 0 aromatic carbocycles. The highest BCUT2D eigenvalue weighted by Crippen LogP contribution is 2.39. The molecule has 2 aromatic heterocycles. The second-order valence-electron chi connectivity index (χ2n) is 10.0. The average Bonchev–Trinajstić information content (AvgIpc) is 3.38. The lowest BCUT2D eigenvalue weighted by atomic mass is 9.97. The fourth-order valence-corrected chi connectivity index (χ4v) is 6.69. The Morgan fingerprint density at radius 2 is 1.97 bits per heavy atom. The minimum Gasteiger partial charge on any atom is -0.370 e. The summed E-state index contributed by atoms with van der Waals surface area (Å²) in [5, 5.41) is 3.15. The van der Waals surface area contributed by atoms with Crippen LogP contribution in [0.25, 0.3) is 0 Å². The Bertz CT molecular complexity index is 1140. The van der Waals surface area contributed by atoms with Gasteiger partial charge in [0, 0.05) is 24.8 Å². The summed E-state index contributed by atoms with van der Waals surface area (Å²) in [6, 6.07) is 6.21. The largest absolute Gasteiger partial charge is 0.370 e. The van der Waals surface area contributed by atoms with Gasteiger partial charge in [-0.3, -0.25) is 4.79 Å². The van der Waals surface area contributed by atoms with E-state index in [0.29, 0.717) is 30.0 Å². The number of nitrogens with zero attached hydrogens (tertiary/aromatic N) is 3. The quantitative estimate of drug-likeness (QED) is 0.633. The third-order valence-corrected chi connectivity index (χ3v) is 8.50. The molecule has 2 aliphatic rings. The minimum absolute atomic E-state index is 0.0780. The molecule has 178 valence electrons. The van der Waals surface area contributed by atoms with Crippen molar-refractivity contribution >= 4 is 27.4 Å². The normalized spacial score (nSPS) is 20.8. The second-order valence-corrected chi connectivity index (χ2v) is 11.9. The van der Waals surface area contributed by atoms with E-state index in [2.05, 4.69) is 36.1 Å². The van der Waals surface area contributed by atoms with E-state index in [-0.39, 0.29) is 21.0 Å². The number of primary amides is 1. The van der Waals surface area contributed by atoms with Crippen molar-refractivity contribution in [3.05, 3.63) is 36.0 Å². The number of nitrogens with one attached hydrogen (secondary N) is 1. The molecule has 3 N–H and O–H groups in total. The predicted octanol–water partition coefficient (Wildman–Crippen LogP) is 3.64. The highest BCUT2D eigenvalue weighted by Gasteiger charge is 2.40. The van der Waals surface area contributed by atoms with Gasteiger partial charge in [-0.1, -0.05) is 25.8 Å². The molecular weight excluding hydrogens is 438 g/mol. The highest BCUT2D eigenvalue weighted by atomic mass is 32.2. The van der Waals surface area contributed by atoms with Crippen LogP contribution in [0.4, 0.5) is 11.6 Å². The number of sulfone groups is 1. The summed E-state index contributed by atoms with van der Waals surface area (Å²) in [5.74, 6) is 0.970. The van der Waals surface area contributed by atoms with Gasteiger partial charge in [-0.05, 0) is 63.1 Å². The Hall–Kier alpha value is -2.68. The number of aromatic nitrogens is 2. The molecule has 1 unspecified atom stereocenters. The Balaban J connectivity index is 1.71. The maximum Gasteiger partial charge on any atom is 0.253 e. The fourth-order valence-electron chi connectivity index (χ4n) is 5.29. The van der Waals surface area contributed by atoms with Crippen LogP contribution in [0, 0.1) is 11.8 Å². The Kier molecular flexibility index (Phi) is 6.35. The van der Waals surface area contributed by atoms with Crippen molar-refractivity contribution in [3.63, 3.8) is 0 Å². The van der Waals surface area contributed by atoms with E-state index in [1.165, 1.54) is 44.0 Å². The van der Waals surface area contributed by atoms with Gasteiger partial charge in [-0.25, -0.2) is 18.4 Å². The fraction of sp³-hybridized carbons (Fsp3) is 0.542. The summed E-state index contributed by atoms with van der Waals surface area (Å²) in [7, 11) is -4.10. The van der Waals surface area contributed by atoms with Crippen LogP contribution < -0.4 is 16.0 Å². The maximum absolute atomic E-state index is 13.6. The van der Waals surface area contributed by atoms with Gasteiger partial charge in [-0.15, -0.1) is 0 Å². The van der Waals surface area contributed by atoms with E-state index in [4.69, 9.17) is 5.73 Å². The number of rotatable bonds is 7. The highest BCUT2D eigenvalue weighted by molar-refractivity contribution is 7.91. The molecule has 8 nitrogen and oxygen atoms in total. The first-order chi connectivity index (χ1) is 15.6. The van der Waals surface area contributed by atoms with Crippen molar-refractivity contribution < 1.29 is 13.2 Å². The number of amides is 1. The lowest BCUT2D eigenvalue weighted by Gasteiger charge is -2.33. The molecule has 0 spiro atoms. The molecule has 1 atom stereocenters. The van der Waals surface area contributed by atoms with Crippen LogP contribution in [0.5, 0.6) is 0 Å². The first kappa shape index (κ1) is 23.5. The first-order valence-electron chi connectivity index (χ1n) is 11.6. The van der Waals surface area contributed by atoms with E-state index in [1.54, 1.807) is 12.1 Å². The number of anilines is 2. The van der Waals surface area contributed by atoms with Crippen LogP contribution >= 0.6 is 0 Å². The summed E-state index contributed by atoms with van der Waals surface area (Å²) in [6.07, 6.45) is 7.16. The van der Waals surface area contributed by atoms with Crippen molar-refractivity contribution in [1.29, 1.82) is 0 Å². The van der Waals surface area contributed by atoms with Crippen molar-refractivity contribution in [2.24, 2.45) is 17.6 Å². The van der Waals surface area contributed by atoms with Gasteiger partial charge in [0.05, 0.1) is 4.90 Å². The lowest BCUT2D eigenvalue weighted by Crippen LogP contribution is -2.40. The summed E-state index contributed by atoms with van der Waals surface area (Å²) >= 11 is 0. The number of hydrogen-bond acceptors (Lipinski definition) is 7. The van der Waals surface area contributed by atoms with Gasteiger partial charge < -0.3 is 16.0 Å². The molecule has 2 aromatic rings. The van der Waals surface area contributed by atoms with E-state index in [9.17, 15) is 13.2 Å². The van der Waals surface area contributed by atoms with Gasteiger partial charge in [0.2, 0.25) is 9.84 Å². The molecule has 0 bridgehead atoms. The van der Waals surface area contributed by atoms with Crippen LogP contribution in [-0.2, 0) is 9.84 Å². The third kappa shape index (κ3) is 4.69. The zero-order valence-corrected chi connectivity index (χ0v) is 20.4. The minimum atomic E-state index is -4.10. The molecule has 9 heteroatoms. The predicted molar refractivity (Wildman–Crippen MR) is 128 cm³/mol. The zero-order chi connectivity index (χ0) is 23.8. The number of hydrogen-bond donors (Lipinski definition) is 2. The number of nitrogens with two attached hydrogens (primary N) is 1. The van der Waals surface area contributed by atoms with Crippen LogP contribution in [0.3, 0.4) is 0 Å². The van der Waals surface area contributed by atoms with Gasteiger partial charge in [0.15, 0.2) is 5.03 Å². The van der Waals surface area contributed by atoms with E-state index < -0.39 is 15.7 Å². The molecule has 33 heavy (non-hydrogen) atoms. The van der Waals surface area contributed by atoms with Gasteiger partial charge in [0.25, 0.3) is 5.91 Å². The monoisotopic (exact) mass is 471 g/mol. The Morgan fingerprint density at radius 1 is 1.24 bits per heavy atom. The van der Waals surface area contributed by atoms with Crippen molar-refractivity contribution in [2.45, 2.75) is 68.3 Å². The third-order valence-electron chi connectivity index (χ3n) is 6.80. The number of pyridine rings is 2. The Labute approximate surface area is 195 Å². The smallest absolute Gasteiger partial charge is 0.253 e. The second kappa shape index (κ2) is 8.93. The molecular formula is C24H33N5O3S. The van der Waals surface area contributed by atoms with Gasteiger partial charge in [-0.2, -0.15) is 0 Å². The molecule has 1 aliphatic heterocycles. The van der Waals surface area contributed by atoms with Crippen LogP contribution in [0.1, 0.15) is 63.2 Å². The van der Waals surface area contributed by atoms with Crippen molar-refractivity contribution in [2.75, 3.05) is 23.3 Å². The molecule has 2 fully saturated rings. The maximum atomic E-state index is 13.6. The molecule has 4 rings (SSSR count). The lowest BCUT2D eigenvalue weighted by molar-refractivity contribution is 0.0997. The molecule has 1 amide bonds. The van der Waals surface area contributed by atoms with E-state index in [0.717, 1.165) is 13.0 Å². The SMILES string of the molecule is CC1CN(c2nccc(S(=O)(=O)c3cccc(NCC4CCCC4)n3)c2C(N)=O)C(C)(C)C1. The zero-order valence-electron chi connectivity index (χ0n) is 19.5. The standard InChI is InChI=1S/C24H33N5O3S/c1-16-13-24(2,3)29(15-16)23-21(22(25)30)18(11-12-26-23)33(31,32)20-10-6-9-19(28-20)27-14-17-7-4-5-8-17/h6,9-12,16-17H,4-5,7-8,13-15H2,1-3H3,(H2,25,30)(H,27,28). The van der Waals surface area contributed by atoms with Crippen LogP contribution in [-0.4, -0.2) is 42.9 Å². The number of carbonyl (C=O) groups excluding carboxylic acids is 1. The molecule has 3 heterocycles. The summed E-state index contributed by atoms with van der Waals surface area (Å²) in [6.45, 7) is 7.68. The van der Waals surface area contributed by atoms with Crippen molar-refractivity contribution in [3.8, 4) is 0 Å². The average molecular weight is 472 g/mol. The number of carbonyl (C=O) groups is 1. The van der Waals surface area contributed by atoms with Crippen LogP contribution in [0.2, 0.25) is 0 Å². The summed E-state index contributed by atoms with van der Waals surface area (Å²) in [4.78, 5) is 23.1. The first-order valence-corrected chi connectivity index (χ1v) is 13.1. The molecule has 0 radical (unpaired) electrons. The van der Waals surface area contributed by atoms with Crippen LogP contribution in [0.15, 0.2) is 40.4 Å². The topological polar surface area (TPSA) is 118 Å². The molecule has 1 saturated carbocycles. The van der Waals surface area contributed by atoms with Gasteiger partial charge >= 0.3 is 0 Å². The molecule has 1 aliphatic carbocycles. The summed E-state index contributed by atoms with van der Waals surface area (Å²) < 4.78 is 27.2. The van der Waals surface area contributed by atoms with Crippen molar-refractivity contribution in [1.82, 2.24) is 9.97 Å². The van der Waals surface area contributed by atoms with E-state index >= 15 is 0 Å². The van der Waals surface area contributed by atoms with E-state index in [1.807, 2.05) is 4.90 Å². The molecule has 1 saturated heterocycles. The summed E-state index contributed by atoms with van der Waals surface area (Å²) in [5.41, 5.74) is 5.37. The van der Waals surface area contributed by atoms with Gasteiger partial charge in [0.1, 0.15) is 17.2 Å².